The van der Waals surface area contributed by atoms with Crippen LogP contribution in [0.4, 0.5) is 0 Å². The van der Waals surface area contributed by atoms with Crippen molar-refractivity contribution in [3.63, 3.8) is 0 Å². The monoisotopic (exact) mass is 465 g/mol. The fourth-order valence-corrected chi connectivity index (χ4v) is 5.30. The molecule has 5 rings (SSSR count). The summed E-state index contributed by atoms with van der Waals surface area (Å²) in [4.78, 5) is 0. The van der Waals surface area contributed by atoms with E-state index in [2.05, 4.69) is 85.8 Å². The van der Waals surface area contributed by atoms with Crippen molar-refractivity contribution in [3.8, 4) is 0 Å². The number of aryl methyl sites for hydroxylation is 1. The number of fused-ring (bicyclic) bond motifs is 4. The van der Waals surface area contributed by atoms with Crippen LogP contribution in [0, 0.1) is 6.92 Å². The van der Waals surface area contributed by atoms with Crippen molar-refractivity contribution in [1.29, 1.82) is 0 Å². The Bertz CT molecular complexity index is 1180. The summed E-state index contributed by atoms with van der Waals surface area (Å²) >= 11 is 1.55. The van der Waals surface area contributed by atoms with E-state index in [1.807, 2.05) is 0 Å². The molecule has 3 heteroatoms. The zero-order valence-corrected chi connectivity index (χ0v) is 18.8. The summed E-state index contributed by atoms with van der Waals surface area (Å²) in [6, 6.07) is 26.7. The van der Waals surface area contributed by atoms with Crippen LogP contribution in [-0.2, 0) is 24.7 Å². The number of hydrogen-bond donors (Lipinski definition) is 0. The molecule has 0 heterocycles. The van der Waals surface area contributed by atoms with Gasteiger partial charge in [-0.3, -0.25) is 0 Å². The predicted octanol–water partition coefficient (Wildman–Crippen LogP) is 0.452. The van der Waals surface area contributed by atoms with Crippen molar-refractivity contribution in [2.75, 3.05) is 0 Å². The number of halogens is 2. The quantitative estimate of drug-likeness (QED) is 0.357. The van der Waals surface area contributed by atoms with Crippen LogP contribution in [-0.4, -0.2) is 0 Å². The summed E-state index contributed by atoms with van der Waals surface area (Å²) in [6.45, 7) is 2.22. The average Bonchev–Trinajstić information content (AvgIpc) is 2.99. The van der Waals surface area contributed by atoms with Gasteiger partial charge in [-0.15, -0.1) is 0 Å². The molecule has 131 valence electrons. The largest absolute Gasteiger partial charge is 1.00 e. The van der Waals surface area contributed by atoms with Crippen LogP contribution in [0.2, 0.25) is 0 Å². The van der Waals surface area contributed by atoms with E-state index >= 15 is 0 Å². The molecule has 4 aromatic carbocycles. The molecule has 0 saturated heterocycles. The number of allylic oxidation sites excluding steroid dienone is 1. The molecule has 0 spiro atoms. The Hall–Kier alpha value is -1.40. The van der Waals surface area contributed by atoms with Crippen molar-refractivity contribution >= 4 is 33.2 Å². The van der Waals surface area contributed by atoms with Gasteiger partial charge < -0.3 is 24.8 Å². The zero-order valence-electron chi connectivity index (χ0n) is 14.8. The van der Waals surface area contributed by atoms with Crippen LogP contribution in [0.3, 0.4) is 0 Å². The minimum Gasteiger partial charge on any atom is -1.00 e. The number of benzene rings is 4. The smallest absolute Gasteiger partial charge is 1.00 e. The fraction of sp³-hybridized carbons (Fsp3) is 0.0833. The first-order chi connectivity index (χ1) is 12.2. The molecule has 0 nitrogen and oxygen atoms in total. The first-order valence-electron chi connectivity index (χ1n) is 8.67. The molecule has 1 atom stereocenters. The van der Waals surface area contributed by atoms with Crippen LogP contribution in [0.25, 0.3) is 33.2 Å². The van der Waals surface area contributed by atoms with Gasteiger partial charge in [0.15, 0.2) is 0 Å². The minimum atomic E-state index is 0. The first-order valence-corrected chi connectivity index (χ1v) is 10.1. The van der Waals surface area contributed by atoms with Crippen molar-refractivity contribution in [3.05, 3.63) is 95.1 Å². The van der Waals surface area contributed by atoms with Crippen LogP contribution >= 0.6 is 0 Å². The van der Waals surface area contributed by atoms with Crippen LogP contribution in [0.5, 0.6) is 0 Å². The molecular weight excluding hydrogens is 450 g/mol. The molecule has 4 aromatic rings. The van der Waals surface area contributed by atoms with Gasteiger partial charge in [0.05, 0.1) is 0 Å². The maximum atomic E-state index is 2.40. The van der Waals surface area contributed by atoms with Crippen molar-refractivity contribution in [2.45, 2.75) is 10.5 Å². The second-order valence-electron chi connectivity index (χ2n) is 6.80. The van der Waals surface area contributed by atoms with E-state index in [0.29, 0.717) is 3.63 Å². The standard InChI is InChI=1S/C24H17.2ClH.Zr/c1-16-10-12-23(20-14-18-7-2-3-8-19(18)15-20)24-21(16)13-11-17-6-4-5-9-22(17)24;;;/h2-15H,1H3;2*1H;/q;;;+2/p-2. The SMILES string of the molecule is Cc1ccc(C2=Cc3ccccc3[CH]2[Zr+2])c2c1ccc1ccccc12.[Cl-].[Cl-]. The Morgan fingerprint density at radius 1 is 0.741 bits per heavy atom. The second-order valence-corrected chi connectivity index (χ2v) is 8.22. The minimum absolute atomic E-state index is 0. The molecular formula is C24H17Cl2Zr. The fourth-order valence-electron chi connectivity index (χ4n) is 4.07. The molecule has 1 aliphatic carbocycles. The summed E-state index contributed by atoms with van der Waals surface area (Å²) < 4.78 is 0.522. The maximum absolute atomic E-state index is 2.40. The van der Waals surface area contributed by atoms with Gasteiger partial charge in [-0.2, -0.15) is 0 Å². The van der Waals surface area contributed by atoms with Crippen molar-refractivity contribution < 1.29 is 49.5 Å². The predicted molar refractivity (Wildman–Crippen MR) is 103 cm³/mol. The van der Waals surface area contributed by atoms with Crippen molar-refractivity contribution in [1.82, 2.24) is 0 Å². The molecule has 0 bridgehead atoms. The van der Waals surface area contributed by atoms with E-state index in [9.17, 15) is 0 Å². The molecule has 0 saturated carbocycles. The third-order valence-electron chi connectivity index (χ3n) is 5.36. The Morgan fingerprint density at radius 2 is 1.48 bits per heavy atom. The van der Waals surface area contributed by atoms with Gasteiger partial charge in [-0.1, -0.05) is 0 Å². The van der Waals surface area contributed by atoms with E-state index in [4.69, 9.17) is 0 Å². The third-order valence-corrected chi connectivity index (χ3v) is 6.89. The van der Waals surface area contributed by atoms with Crippen LogP contribution < -0.4 is 24.8 Å². The van der Waals surface area contributed by atoms with E-state index in [0.717, 1.165) is 0 Å². The van der Waals surface area contributed by atoms with Gasteiger partial charge in [-0.05, 0) is 0 Å². The second kappa shape index (κ2) is 7.92. The molecule has 0 fully saturated rings. The van der Waals surface area contributed by atoms with Gasteiger partial charge in [-0.25, -0.2) is 0 Å². The summed E-state index contributed by atoms with van der Waals surface area (Å²) in [5.41, 5.74) is 7.08. The van der Waals surface area contributed by atoms with E-state index in [-0.39, 0.29) is 24.8 Å². The van der Waals surface area contributed by atoms with Gasteiger partial charge in [0, 0.05) is 0 Å². The van der Waals surface area contributed by atoms with E-state index < -0.39 is 0 Å². The van der Waals surface area contributed by atoms with E-state index in [1.165, 1.54) is 49.4 Å². The number of rotatable bonds is 1. The molecule has 1 unspecified atom stereocenters. The van der Waals surface area contributed by atoms with Gasteiger partial charge in [0.25, 0.3) is 0 Å². The van der Waals surface area contributed by atoms with Crippen molar-refractivity contribution in [2.24, 2.45) is 0 Å². The zero-order chi connectivity index (χ0) is 17.0. The van der Waals surface area contributed by atoms with E-state index in [1.54, 1.807) is 24.7 Å². The topological polar surface area (TPSA) is 0 Å². The van der Waals surface area contributed by atoms with Gasteiger partial charge in [0.1, 0.15) is 0 Å². The molecule has 0 aliphatic heterocycles. The molecule has 0 N–H and O–H groups in total. The molecule has 0 aromatic heterocycles. The summed E-state index contributed by atoms with van der Waals surface area (Å²) in [5.74, 6) is 0. The summed E-state index contributed by atoms with van der Waals surface area (Å²) in [7, 11) is 0. The first kappa shape index (κ1) is 20.3. The Balaban J connectivity index is 0.00000105. The number of hydrogen-bond acceptors (Lipinski definition) is 0. The van der Waals surface area contributed by atoms with Gasteiger partial charge in [0.2, 0.25) is 0 Å². The van der Waals surface area contributed by atoms with Crippen LogP contribution in [0.15, 0.2) is 72.8 Å². The molecule has 1 aliphatic rings. The Labute approximate surface area is 187 Å². The summed E-state index contributed by atoms with van der Waals surface area (Å²) in [6.07, 6.45) is 2.40. The third kappa shape index (κ3) is 3.21. The normalized spacial score (nSPS) is 15.1. The molecule has 0 radical (unpaired) electrons. The molecule has 0 amide bonds. The van der Waals surface area contributed by atoms with Crippen LogP contribution in [0.1, 0.15) is 25.9 Å². The summed E-state index contributed by atoms with van der Waals surface area (Å²) in [5, 5.41) is 5.46. The molecule has 27 heavy (non-hydrogen) atoms. The Morgan fingerprint density at radius 3 is 2.30 bits per heavy atom. The maximum Gasteiger partial charge on any atom is -1.00 e. The average molecular weight is 468 g/mol. The van der Waals surface area contributed by atoms with Gasteiger partial charge >= 0.3 is 164 Å². The Kier molecular flexibility index (Phi) is 5.97.